The summed E-state index contributed by atoms with van der Waals surface area (Å²) < 4.78 is 46.1. The van der Waals surface area contributed by atoms with E-state index >= 15 is 0 Å². The van der Waals surface area contributed by atoms with Gasteiger partial charge in [0.1, 0.15) is 23.3 Å². The Kier molecular flexibility index (Phi) is 12.6. The number of rotatable bonds is 10. The summed E-state index contributed by atoms with van der Waals surface area (Å²) in [5, 5.41) is 0.484. The van der Waals surface area contributed by atoms with Crippen LogP contribution in [0.3, 0.4) is 0 Å². The van der Waals surface area contributed by atoms with Crippen LogP contribution in [0.4, 0.5) is 0 Å². The molecule has 0 bridgehead atoms. The fourth-order valence-corrected chi connectivity index (χ4v) is 6.98. The predicted molar refractivity (Wildman–Crippen MR) is 185 cm³/mol. The zero-order chi connectivity index (χ0) is 34.5. The van der Waals surface area contributed by atoms with Crippen LogP contribution in [0.25, 0.3) is 22.3 Å². The molecule has 6 aromatic rings. The Bertz CT molecular complexity index is 2000. The van der Waals surface area contributed by atoms with E-state index in [1.54, 1.807) is 50.9 Å². The monoisotopic (exact) mass is 714 g/mol. The van der Waals surface area contributed by atoms with Crippen molar-refractivity contribution < 1.29 is 27.4 Å². The van der Waals surface area contributed by atoms with Gasteiger partial charge in [-0.25, -0.2) is 0 Å². The summed E-state index contributed by atoms with van der Waals surface area (Å²) >= 11 is 0. The van der Waals surface area contributed by atoms with Gasteiger partial charge in [-0.15, -0.1) is 0 Å². The van der Waals surface area contributed by atoms with Gasteiger partial charge in [-0.3, -0.25) is 18.4 Å². The summed E-state index contributed by atoms with van der Waals surface area (Å²) in [5.41, 5.74) is 7.06. The van der Waals surface area contributed by atoms with Crippen LogP contribution in [-0.4, -0.2) is 89.8 Å². The van der Waals surface area contributed by atoms with Gasteiger partial charge in [-0.2, -0.15) is 0 Å². The number of aryl methyl sites for hydroxylation is 2. The van der Waals surface area contributed by atoms with Crippen molar-refractivity contribution >= 4 is 67.0 Å². The number of imidazole rings is 2. The molecule has 17 heteroatoms. The summed E-state index contributed by atoms with van der Waals surface area (Å²) in [6.45, 7) is 7.65. The smallest absolute Gasteiger partial charge is 0.496 e. The average molecular weight is 715 g/mol. The van der Waals surface area contributed by atoms with Crippen molar-refractivity contribution in [2.24, 2.45) is 0 Å². The molecule has 2 atom stereocenters. The van der Waals surface area contributed by atoms with E-state index in [0.717, 1.165) is 33.8 Å². The van der Waals surface area contributed by atoms with E-state index in [-0.39, 0.29) is 44.9 Å². The van der Waals surface area contributed by atoms with Gasteiger partial charge in [-0.05, 0) is 52.0 Å². The maximum atomic E-state index is 12.6. The second-order valence-electron chi connectivity index (χ2n) is 10.5. The maximum absolute atomic E-state index is 12.6. The van der Waals surface area contributed by atoms with Crippen LogP contribution < -0.4 is 28.9 Å². The normalized spacial score (nSPS) is 12.1. The summed E-state index contributed by atoms with van der Waals surface area (Å²) in [7, 11) is 3.44. The third-order valence-corrected chi connectivity index (χ3v) is 9.60. The molecule has 0 aromatic carbocycles. The first-order valence-electron chi connectivity index (χ1n) is 14.5. The van der Waals surface area contributed by atoms with Gasteiger partial charge in [0.2, 0.25) is 0 Å². The van der Waals surface area contributed by atoms with Crippen molar-refractivity contribution in [2.45, 2.75) is 49.5 Å². The Morgan fingerprint density at radius 2 is 0.980 bits per heavy atom. The van der Waals surface area contributed by atoms with E-state index in [1.807, 2.05) is 27.7 Å². The maximum Gasteiger partial charge on any atom is 2.00 e. The molecule has 0 aliphatic heterocycles. The first kappa shape index (κ1) is 37.6. The number of hydrogen-bond acceptors (Lipinski definition) is 12. The van der Waals surface area contributed by atoms with Crippen molar-refractivity contribution in [3.63, 3.8) is 0 Å². The van der Waals surface area contributed by atoms with Crippen LogP contribution >= 0.6 is 0 Å². The van der Waals surface area contributed by atoms with Crippen LogP contribution in [0.5, 0.6) is 23.3 Å². The minimum absolute atomic E-state index is 0. The molecule has 6 aromatic heterocycles. The van der Waals surface area contributed by atoms with Crippen molar-refractivity contribution in [2.75, 3.05) is 28.4 Å². The molecule has 14 nitrogen and oxygen atoms in total. The molecule has 0 aliphatic carbocycles. The predicted octanol–water partition coefficient (Wildman–Crippen LogP) is 3.47. The molecule has 49 heavy (non-hydrogen) atoms. The van der Waals surface area contributed by atoms with Gasteiger partial charge in [0.05, 0.1) is 83.2 Å². The van der Waals surface area contributed by atoms with E-state index in [2.05, 4.69) is 39.9 Å². The second-order valence-corrected chi connectivity index (χ2v) is 13.2. The Morgan fingerprint density at radius 3 is 1.33 bits per heavy atom. The second kappa shape index (κ2) is 16.5. The summed E-state index contributed by atoms with van der Waals surface area (Å²) in [5.74, 6) is 2.85. The molecule has 0 fully saturated rings. The van der Waals surface area contributed by atoms with E-state index < -0.39 is 21.6 Å². The average Bonchev–Trinajstić information content (AvgIpc) is 3.72. The Hall–Kier alpha value is -4.19. The van der Waals surface area contributed by atoms with Gasteiger partial charge in [0, 0.05) is 57.0 Å². The summed E-state index contributed by atoms with van der Waals surface area (Å²) in [6.07, 6.45) is 3.43. The first-order chi connectivity index (χ1) is 23.1. The van der Waals surface area contributed by atoms with Gasteiger partial charge in [0.15, 0.2) is 0 Å². The Morgan fingerprint density at radius 1 is 0.592 bits per heavy atom. The number of pyridine rings is 4. The molecule has 0 amide bonds. The minimum atomic E-state index is -1.42. The third-order valence-electron chi connectivity index (χ3n) is 7.35. The number of aromatic nitrogens is 8. The van der Waals surface area contributed by atoms with Gasteiger partial charge in [0.25, 0.3) is 0 Å². The number of hydrogen-bond donors (Lipinski definition) is 0. The van der Waals surface area contributed by atoms with Crippen molar-refractivity contribution in [3.8, 4) is 23.3 Å². The molecule has 6 rings (SSSR count). The van der Waals surface area contributed by atoms with Crippen LogP contribution in [0.2, 0.25) is 0 Å². The molecule has 0 spiro atoms. The standard InChI is InChI=1S/2C16H17N4O3S.Mg/c2*1-9-7-17-12(10(2)14(9)23-4)8-24(21)16-18-11-5-6-13(22-3)19-15(11)20-16;/h2*5-7H,8H2,1-4H3;/q2*-1;+2. The minimum Gasteiger partial charge on any atom is -0.496 e. The third kappa shape index (κ3) is 8.34. The number of ether oxygens (including phenoxy) is 4. The van der Waals surface area contributed by atoms with Crippen LogP contribution in [0, 0.1) is 27.7 Å². The zero-order valence-corrected chi connectivity index (χ0v) is 31.5. The Labute approximate surface area is 304 Å². The molecule has 2 unspecified atom stereocenters. The molecule has 0 saturated carbocycles. The largest absolute Gasteiger partial charge is 2.00 e. The molecular formula is C32H34MgN8O6S2. The molecular weight excluding hydrogens is 681 g/mol. The molecule has 6 heterocycles. The van der Waals surface area contributed by atoms with Crippen molar-refractivity contribution in [3.05, 3.63) is 70.3 Å². The summed E-state index contributed by atoms with van der Waals surface area (Å²) in [4.78, 5) is 34.2. The molecule has 0 saturated heterocycles. The SMILES string of the molecule is COc1ccc2nc(S(=O)Cc3ncc(C)c(OC)c3C)[n-]c2n1.COc1ccc2nc(S(=O)Cc3ncc(C)c(OC)c3C)[n-]c2n1.[Mg+2]. The van der Waals surface area contributed by atoms with Crippen LogP contribution in [0.15, 0.2) is 47.0 Å². The van der Waals surface area contributed by atoms with E-state index in [0.29, 0.717) is 45.5 Å². The molecule has 0 radical (unpaired) electrons. The van der Waals surface area contributed by atoms with Crippen molar-refractivity contribution in [1.29, 1.82) is 0 Å². The molecule has 0 N–H and O–H groups in total. The molecule has 252 valence electrons. The fraction of sp³-hybridized carbons (Fsp3) is 0.312. The summed E-state index contributed by atoms with van der Waals surface area (Å²) in [6, 6.07) is 6.88. The van der Waals surface area contributed by atoms with Crippen LogP contribution in [-0.2, 0) is 33.1 Å². The van der Waals surface area contributed by atoms with Crippen molar-refractivity contribution in [1.82, 2.24) is 39.9 Å². The van der Waals surface area contributed by atoms with E-state index in [9.17, 15) is 8.42 Å². The zero-order valence-electron chi connectivity index (χ0n) is 28.4. The fourth-order valence-electron chi connectivity index (χ4n) is 4.87. The van der Waals surface area contributed by atoms with Gasteiger partial charge >= 0.3 is 23.1 Å². The van der Waals surface area contributed by atoms with Gasteiger partial charge < -0.3 is 48.9 Å². The topological polar surface area (TPSA) is 177 Å². The number of fused-ring (bicyclic) bond motifs is 2. The quantitative estimate of drug-likeness (QED) is 0.189. The molecule has 0 aliphatic rings. The van der Waals surface area contributed by atoms with Gasteiger partial charge in [-0.1, -0.05) is 0 Å². The van der Waals surface area contributed by atoms with Crippen LogP contribution in [0.1, 0.15) is 33.6 Å². The first-order valence-corrected chi connectivity index (χ1v) is 17.2. The van der Waals surface area contributed by atoms with E-state index in [4.69, 9.17) is 18.9 Å². The van der Waals surface area contributed by atoms with E-state index in [1.165, 1.54) is 14.2 Å². The number of methoxy groups -OCH3 is 4. The Balaban J connectivity index is 0.000000216. The number of nitrogens with zero attached hydrogens (tertiary/aromatic N) is 8.